The zero-order valence-corrected chi connectivity index (χ0v) is 43.7. The molecule has 0 aromatic rings. The molecule has 0 saturated carbocycles. The third-order valence-electron chi connectivity index (χ3n) is 10.5. The van der Waals surface area contributed by atoms with Crippen LogP contribution in [0.25, 0.3) is 0 Å². The van der Waals surface area contributed by atoms with E-state index in [1.165, 1.54) is 96.3 Å². The van der Waals surface area contributed by atoms with Crippen LogP contribution in [0.5, 0.6) is 0 Å². The summed E-state index contributed by atoms with van der Waals surface area (Å²) in [6, 6.07) is -4.55. The minimum Gasteiger partial charge on any atom is -0.550 e. The normalized spacial score (nSPS) is 11.5. The fraction of sp³-hybridized carbons (Fsp3) is 0.812. The van der Waals surface area contributed by atoms with Crippen molar-refractivity contribution in [3.63, 3.8) is 0 Å². The summed E-state index contributed by atoms with van der Waals surface area (Å²) in [5, 5.41) is 69.6. The summed E-state index contributed by atoms with van der Waals surface area (Å²) in [4.78, 5) is 97.7. The average Bonchev–Trinajstić information content (AvgIpc) is 3.23. The predicted octanol–water partition coefficient (Wildman–Crippen LogP) is 0.0844. The molecule has 0 rings (SSSR count). The molecule has 3 atom stereocenters. The monoisotopic (exact) mass is 994 g/mol. The number of aliphatic carboxylic acids is 6. The molecule has 0 fully saturated rings. The zero-order valence-electron chi connectivity index (χ0n) is 41.3. The standard InChI is InChI=1S/3C16H29NO5.2Al/c3*1-2-3-4-5-6-7-8-9-10-11-14(18)17-13(16(21)22)12-15(19)20;;/h3*13H,2-12H2,1H3,(H,17,18)(H,19,20)(H,21,22);;/q;;;2*+3/p-6/t3*13-;;/m000../s1. The molecule has 0 bridgehead atoms. The summed E-state index contributed by atoms with van der Waals surface area (Å²) < 4.78 is 0. The number of carbonyl (C=O) groups excluding carboxylic acids is 9. The van der Waals surface area contributed by atoms with Gasteiger partial charge in [0.2, 0.25) is 17.7 Å². The van der Waals surface area contributed by atoms with Gasteiger partial charge in [-0.05, 0) is 19.3 Å². The van der Waals surface area contributed by atoms with Crippen LogP contribution in [0.4, 0.5) is 0 Å². The number of hydrogen-bond acceptors (Lipinski definition) is 15. The summed E-state index contributed by atoms with van der Waals surface area (Å²) >= 11 is 0. The van der Waals surface area contributed by atoms with Crippen molar-refractivity contribution in [1.82, 2.24) is 16.0 Å². The van der Waals surface area contributed by atoms with Crippen LogP contribution in [0, 0.1) is 0 Å². The van der Waals surface area contributed by atoms with Crippen LogP contribution < -0.4 is 46.6 Å². The molecule has 0 aliphatic heterocycles. The molecule has 3 amide bonds. The van der Waals surface area contributed by atoms with Crippen molar-refractivity contribution in [3.8, 4) is 0 Å². The molecule has 0 saturated heterocycles. The van der Waals surface area contributed by atoms with E-state index in [1.54, 1.807) is 0 Å². The van der Waals surface area contributed by atoms with Crippen molar-refractivity contribution in [1.29, 1.82) is 0 Å². The Bertz CT molecular complexity index is 1200. The quantitative estimate of drug-likeness (QED) is 0.0539. The van der Waals surface area contributed by atoms with Gasteiger partial charge in [-0.15, -0.1) is 0 Å². The first-order valence-electron chi connectivity index (χ1n) is 24.5. The van der Waals surface area contributed by atoms with E-state index >= 15 is 0 Å². The second-order valence-electron chi connectivity index (χ2n) is 16.8. The first-order chi connectivity index (χ1) is 31.4. The van der Waals surface area contributed by atoms with E-state index in [1.807, 2.05) is 0 Å². The number of hydrogen-bond donors (Lipinski definition) is 3. The number of carbonyl (C=O) groups is 9. The van der Waals surface area contributed by atoms with Crippen LogP contribution in [0.3, 0.4) is 0 Å². The Kier molecular flexibility index (Phi) is 56.7. The third kappa shape index (κ3) is 54.9. The van der Waals surface area contributed by atoms with Crippen molar-refractivity contribution >= 4 is 88.3 Å². The summed E-state index contributed by atoms with van der Waals surface area (Å²) in [6.07, 6.45) is 28.5. The van der Waals surface area contributed by atoms with Gasteiger partial charge in [0.15, 0.2) is 0 Å². The molecule has 20 heteroatoms. The second kappa shape index (κ2) is 52.7. The summed E-state index contributed by atoms with van der Waals surface area (Å²) in [7, 11) is 0. The number of rotatable bonds is 42. The first kappa shape index (κ1) is 73.3. The van der Waals surface area contributed by atoms with E-state index in [0.717, 1.165) is 57.8 Å². The van der Waals surface area contributed by atoms with E-state index in [9.17, 15) is 73.8 Å². The van der Waals surface area contributed by atoms with Gasteiger partial charge < -0.3 is 75.4 Å². The Morgan fingerprint density at radius 1 is 0.294 bits per heavy atom. The summed E-state index contributed by atoms with van der Waals surface area (Å²) in [5.74, 6) is -10.8. The molecule has 3 N–H and O–H groups in total. The maximum atomic E-state index is 11.5. The fourth-order valence-corrected chi connectivity index (χ4v) is 6.67. The van der Waals surface area contributed by atoms with E-state index in [-0.39, 0.29) is 54.0 Å². The first-order valence-corrected chi connectivity index (χ1v) is 24.5. The SMILES string of the molecule is CCCCCCCCCCCC(=O)N[C@@H](CC(=O)[O-])C(=O)[O-].CCCCCCCCCCCC(=O)N[C@@H](CC(=O)[O-])C(=O)[O-].CCCCCCCCCCCC(=O)N[C@@H](CC(=O)[O-])C(=O)[O-].[Al+3].[Al+3]. The van der Waals surface area contributed by atoms with Crippen LogP contribution in [0.1, 0.15) is 233 Å². The fourth-order valence-electron chi connectivity index (χ4n) is 6.67. The molecule has 0 aromatic heterocycles. The summed E-state index contributed by atoms with van der Waals surface area (Å²) in [6.45, 7) is 6.55. The van der Waals surface area contributed by atoms with Gasteiger partial charge in [-0.3, -0.25) is 14.4 Å². The molecular formula is C48H81Al2N3O15. The summed E-state index contributed by atoms with van der Waals surface area (Å²) in [5.41, 5.74) is 0. The largest absolute Gasteiger partial charge is 3.00 e. The van der Waals surface area contributed by atoms with Gasteiger partial charge in [0, 0.05) is 56.4 Å². The molecule has 0 unspecified atom stereocenters. The van der Waals surface area contributed by atoms with Gasteiger partial charge >= 0.3 is 34.7 Å². The van der Waals surface area contributed by atoms with Crippen molar-refractivity contribution in [3.05, 3.63) is 0 Å². The Morgan fingerprint density at radius 2 is 0.456 bits per heavy atom. The van der Waals surface area contributed by atoms with Gasteiger partial charge in [0.05, 0.1) is 36.0 Å². The van der Waals surface area contributed by atoms with Crippen molar-refractivity contribution in [2.45, 2.75) is 251 Å². The second-order valence-corrected chi connectivity index (χ2v) is 16.8. The van der Waals surface area contributed by atoms with E-state index in [2.05, 4.69) is 36.7 Å². The third-order valence-corrected chi connectivity index (χ3v) is 10.5. The molecule has 0 aromatic carbocycles. The number of nitrogens with one attached hydrogen (secondary N) is 3. The molecule has 0 spiro atoms. The van der Waals surface area contributed by atoms with Gasteiger partial charge in [-0.25, -0.2) is 0 Å². The van der Waals surface area contributed by atoms with E-state index < -0.39 is 90.9 Å². The Labute approximate surface area is 427 Å². The molecule has 18 nitrogen and oxygen atoms in total. The van der Waals surface area contributed by atoms with Crippen LogP contribution in [0.15, 0.2) is 0 Å². The Balaban J connectivity index is -0.000000288. The van der Waals surface area contributed by atoms with Gasteiger partial charge in [-0.1, -0.05) is 175 Å². The topological polar surface area (TPSA) is 328 Å². The minimum atomic E-state index is -1.61. The maximum absolute atomic E-state index is 11.5. The van der Waals surface area contributed by atoms with Gasteiger partial charge in [0.25, 0.3) is 0 Å². The zero-order chi connectivity index (χ0) is 50.4. The minimum absolute atomic E-state index is 0. The maximum Gasteiger partial charge on any atom is 3.00 e. The number of unbranched alkanes of at least 4 members (excludes halogenated alkanes) is 24. The van der Waals surface area contributed by atoms with E-state index in [0.29, 0.717) is 19.3 Å². The smallest absolute Gasteiger partial charge is 0.550 e. The van der Waals surface area contributed by atoms with Crippen LogP contribution in [-0.4, -0.2) is 106 Å². The molecular weight excluding hydrogens is 912 g/mol. The Morgan fingerprint density at radius 3 is 0.603 bits per heavy atom. The van der Waals surface area contributed by atoms with Gasteiger partial charge in [0.1, 0.15) is 0 Å². The van der Waals surface area contributed by atoms with Crippen molar-refractivity contribution < 1.29 is 73.8 Å². The number of carboxylic acid groups (broad SMARTS) is 6. The predicted molar refractivity (Wildman–Crippen MR) is 247 cm³/mol. The number of carboxylic acids is 6. The van der Waals surface area contributed by atoms with Crippen LogP contribution in [-0.2, 0) is 43.2 Å². The van der Waals surface area contributed by atoms with Crippen molar-refractivity contribution in [2.75, 3.05) is 0 Å². The molecule has 0 aliphatic carbocycles. The van der Waals surface area contributed by atoms with E-state index in [4.69, 9.17) is 0 Å². The molecule has 0 radical (unpaired) electrons. The van der Waals surface area contributed by atoms with Crippen LogP contribution >= 0.6 is 0 Å². The van der Waals surface area contributed by atoms with Crippen molar-refractivity contribution in [2.24, 2.45) is 0 Å². The average molecular weight is 994 g/mol. The molecule has 68 heavy (non-hydrogen) atoms. The number of amides is 3. The van der Waals surface area contributed by atoms with Crippen LogP contribution in [0.2, 0.25) is 0 Å². The molecule has 384 valence electrons. The van der Waals surface area contributed by atoms with Gasteiger partial charge in [-0.2, -0.15) is 0 Å². The molecule has 0 aliphatic rings. The molecule has 0 heterocycles. The Hall–Kier alpha value is -3.71.